The lowest BCUT2D eigenvalue weighted by atomic mass is 11.8. The summed E-state index contributed by atoms with van der Waals surface area (Å²) in [6, 6.07) is 0. The molecule has 0 spiro atoms. The van der Waals surface area contributed by atoms with Gasteiger partial charge in [0.25, 0.3) is 0 Å². The molecular formula is CH4O4P+. The molecule has 1 unspecified atom stereocenters. The molecule has 0 radical (unpaired) electrons. The molecule has 36 valence electrons. The topological polar surface area (TPSA) is 55.8 Å². The summed E-state index contributed by atoms with van der Waals surface area (Å²) in [6.45, 7) is 0. The van der Waals surface area contributed by atoms with Crippen molar-refractivity contribution < 1.29 is 19.0 Å². The van der Waals surface area contributed by atoms with Crippen LogP contribution in [0.2, 0.25) is 0 Å². The van der Waals surface area contributed by atoms with Gasteiger partial charge in [-0.2, -0.15) is 0 Å². The fraction of sp³-hybridized carbons (Fsp3) is 1.00. The van der Waals surface area contributed by atoms with E-state index < -0.39 is 8.25 Å². The average molecular weight is 111 g/mol. The highest BCUT2D eigenvalue weighted by Crippen LogP contribution is 2.17. The third-order valence-electron chi connectivity index (χ3n) is 0.216. The number of hydrogen-bond donors (Lipinski definition) is 1. The van der Waals surface area contributed by atoms with Crippen molar-refractivity contribution in [3.05, 3.63) is 0 Å². The van der Waals surface area contributed by atoms with Gasteiger partial charge in [-0.25, -0.2) is 5.26 Å². The Kier molecular flexibility index (Phi) is 3.17. The highest BCUT2D eigenvalue weighted by molar-refractivity contribution is 7.33. The molecule has 5 heteroatoms. The van der Waals surface area contributed by atoms with Crippen LogP contribution in [0.25, 0.3) is 0 Å². The maximum Gasteiger partial charge on any atom is 0.728 e. The smallest absolute Gasteiger partial charge is 0.202 e. The zero-order chi connectivity index (χ0) is 4.99. The SMILES string of the molecule is CO[P+](=O)OO. The molecule has 0 fully saturated rings. The van der Waals surface area contributed by atoms with Crippen LogP contribution in [-0.2, 0) is 13.8 Å². The van der Waals surface area contributed by atoms with Crippen molar-refractivity contribution in [2.75, 3.05) is 7.11 Å². The van der Waals surface area contributed by atoms with Gasteiger partial charge in [-0.3, -0.25) is 0 Å². The number of rotatable bonds is 2. The standard InChI is InChI=1S/CH3O4P/c1-4-6(3)5-2/h1H3/p+1. The molecule has 0 rings (SSSR count). The van der Waals surface area contributed by atoms with E-state index in [2.05, 4.69) is 9.20 Å². The van der Waals surface area contributed by atoms with Gasteiger partial charge < -0.3 is 0 Å². The van der Waals surface area contributed by atoms with Crippen molar-refractivity contribution in [3.63, 3.8) is 0 Å². The van der Waals surface area contributed by atoms with E-state index in [1.54, 1.807) is 0 Å². The molecule has 1 N–H and O–H groups in total. The van der Waals surface area contributed by atoms with Crippen molar-refractivity contribution in [1.29, 1.82) is 0 Å². The third kappa shape index (κ3) is 2.23. The fourth-order valence-electron chi connectivity index (χ4n) is 0.0333. The van der Waals surface area contributed by atoms with Crippen LogP contribution in [-0.4, -0.2) is 12.4 Å². The van der Waals surface area contributed by atoms with E-state index in [-0.39, 0.29) is 0 Å². The van der Waals surface area contributed by atoms with Crippen LogP contribution < -0.4 is 0 Å². The van der Waals surface area contributed by atoms with Gasteiger partial charge in [0, 0.05) is 4.57 Å². The summed E-state index contributed by atoms with van der Waals surface area (Å²) in [5, 5.41) is 7.43. The molecule has 0 amide bonds. The van der Waals surface area contributed by atoms with E-state index in [0.29, 0.717) is 0 Å². The lowest BCUT2D eigenvalue weighted by Crippen LogP contribution is -1.67. The van der Waals surface area contributed by atoms with Gasteiger partial charge >= 0.3 is 8.25 Å². The van der Waals surface area contributed by atoms with Crippen LogP contribution in [0.4, 0.5) is 0 Å². The Morgan fingerprint density at radius 2 is 2.33 bits per heavy atom. The van der Waals surface area contributed by atoms with E-state index in [4.69, 9.17) is 5.26 Å². The van der Waals surface area contributed by atoms with E-state index in [1.165, 1.54) is 0 Å². The van der Waals surface area contributed by atoms with Crippen molar-refractivity contribution in [2.24, 2.45) is 0 Å². The van der Waals surface area contributed by atoms with Crippen LogP contribution in [0.15, 0.2) is 0 Å². The fourth-order valence-corrected chi connectivity index (χ4v) is 0.100. The van der Waals surface area contributed by atoms with E-state index >= 15 is 0 Å². The number of hydrogen-bond acceptors (Lipinski definition) is 4. The average Bonchev–Trinajstić information content (AvgIpc) is 1.65. The van der Waals surface area contributed by atoms with Crippen molar-refractivity contribution >= 4 is 8.25 Å². The van der Waals surface area contributed by atoms with E-state index in [9.17, 15) is 4.57 Å². The summed E-state index contributed by atoms with van der Waals surface area (Å²) in [4.78, 5) is 0. The zero-order valence-electron chi connectivity index (χ0n) is 3.12. The van der Waals surface area contributed by atoms with Crippen molar-refractivity contribution in [1.82, 2.24) is 0 Å². The quantitative estimate of drug-likeness (QED) is 0.325. The molecule has 6 heavy (non-hydrogen) atoms. The summed E-state index contributed by atoms with van der Waals surface area (Å²) in [6.07, 6.45) is 0. The first-order valence-corrected chi connectivity index (χ1v) is 2.23. The van der Waals surface area contributed by atoms with Crippen LogP contribution in [0.5, 0.6) is 0 Å². The van der Waals surface area contributed by atoms with Gasteiger partial charge in [-0.1, -0.05) is 0 Å². The molecule has 0 aromatic heterocycles. The van der Waals surface area contributed by atoms with Crippen LogP contribution in [0.1, 0.15) is 0 Å². The first-order chi connectivity index (χ1) is 2.81. The molecule has 4 nitrogen and oxygen atoms in total. The minimum Gasteiger partial charge on any atom is -0.202 e. The van der Waals surface area contributed by atoms with Gasteiger partial charge in [0.1, 0.15) is 0 Å². The monoisotopic (exact) mass is 111 g/mol. The van der Waals surface area contributed by atoms with E-state index in [1.807, 2.05) is 0 Å². The molecule has 0 aliphatic rings. The van der Waals surface area contributed by atoms with Crippen LogP contribution in [0, 0.1) is 0 Å². The second-order valence-electron chi connectivity index (χ2n) is 0.488. The van der Waals surface area contributed by atoms with Gasteiger partial charge in [0.2, 0.25) is 0 Å². The Morgan fingerprint density at radius 1 is 1.83 bits per heavy atom. The summed E-state index contributed by atoms with van der Waals surface area (Å²) in [7, 11) is -1.11. The van der Waals surface area contributed by atoms with Crippen LogP contribution in [0.3, 0.4) is 0 Å². The molecule has 0 heterocycles. The predicted molar refractivity (Wildman–Crippen MR) is 18.3 cm³/mol. The van der Waals surface area contributed by atoms with Gasteiger partial charge in [0.15, 0.2) is 0 Å². The lowest BCUT2D eigenvalue weighted by Gasteiger charge is -1.64. The highest BCUT2D eigenvalue weighted by atomic mass is 31.1. The molecule has 1 atom stereocenters. The molecule has 0 saturated heterocycles. The summed E-state index contributed by atoms with van der Waals surface area (Å²) >= 11 is 0. The Morgan fingerprint density at radius 3 is 2.33 bits per heavy atom. The second kappa shape index (κ2) is 3.18. The minimum atomic E-state index is -2.27. The summed E-state index contributed by atoms with van der Waals surface area (Å²) in [5.41, 5.74) is 0. The van der Waals surface area contributed by atoms with Gasteiger partial charge in [0.05, 0.1) is 11.8 Å². The molecule has 0 bridgehead atoms. The molecular weight excluding hydrogens is 107 g/mol. The Hall–Kier alpha value is -0.0200. The normalized spacial score (nSPS) is 11.3. The minimum absolute atomic E-state index is 1.16. The third-order valence-corrected chi connectivity index (χ3v) is 0.647. The largest absolute Gasteiger partial charge is 0.728 e. The Balaban J connectivity index is 2.99. The Labute approximate surface area is 35.6 Å². The Bertz CT molecular complexity index is 45.5. The first kappa shape index (κ1) is 5.98. The second-order valence-corrected chi connectivity index (χ2v) is 1.46. The summed E-state index contributed by atoms with van der Waals surface area (Å²) in [5.74, 6) is 0. The molecule has 0 aromatic carbocycles. The summed E-state index contributed by atoms with van der Waals surface area (Å²) < 4.78 is 16.8. The first-order valence-electron chi connectivity index (χ1n) is 1.14. The maximum absolute atomic E-state index is 9.63. The lowest BCUT2D eigenvalue weighted by molar-refractivity contribution is -0.140. The zero-order valence-corrected chi connectivity index (χ0v) is 4.01. The van der Waals surface area contributed by atoms with Gasteiger partial charge in [-0.05, 0) is 0 Å². The molecule has 0 saturated carbocycles. The van der Waals surface area contributed by atoms with Crippen LogP contribution >= 0.6 is 8.25 Å². The van der Waals surface area contributed by atoms with Crippen molar-refractivity contribution in [2.45, 2.75) is 0 Å². The molecule has 0 aliphatic carbocycles. The molecule has 0 aliphatic heterocycles. The van der Waals surface area contributed by atoms with E-state index in [0.717, 1.165) is 7.11 Å². The maximum atomic E-state index is 9.63. The van der Waals surface area contributed by atoms with Gasteiger partial charge in [-0.15, -0.1) is 4.52 Å². The molecule has 0 aromatic rings. The van der Waals surface area contributed by atoms with Crippen molar-refractivity contribution in [3.8, 4) is 0 Å². The highest BCUT2D eigenvalue weighted by Gasteiger charge is 2.14. The predicted octanol–water partition coefficient (Wildman–Crippen LogP) is 0.780.